The second-order valence-corrected chi connectivity index (χ2v) is 5.93. The van der Waals surface area contributed by atoms with E-state index in [2.05, 4.69) is 37.2 Å². The fourth-order valence-electron chi connectivity index (χ4n) is 1.63. The molecule has 1 amide bonds. The Hall–Kier alpha value is -0.350. The molecular formula is C13H17Br2NO. The minimum atomic E-state index is -0.00327. The molecule has 0 bridgehead atoms. The largest absolute Gasteiger partial charge is 0.350 e. The van der Waals surface area contributed by atoms with Gasteiger partial charge < -0.3 is 5.32 Å². The second-order valence-electron chi connectivity index (χ2n) is 4.22. The number of amides is 1. The van der Waals surface area contributed by atoms with Gasteiger partial charge in [0.1, 0.15) is 0 Å². The molecule has 0 fully saturated rings. The highest BCUT2D eigenvalue weighted by Gasteiger charge is 2.10. The number of rotatable bonds is 5. The molecule has 2 nitrogen and oxygen atoms in total. The number of carbonyl (C=O) groups is 1. The number of nitrogens with one attached hydrogen (secondary N) is 1. The highest BCUT2D eigenvalue weighted by molar-refractivity contribution is 9.10. The molecule has 0 aromatic heterocycles. The quantitative estimate of drug-likeness (QED) is 0.786. The van der Waals surface area contributed by atoms with Crippen molar-refractivity contribution in [2.45, 2.75) is 32.7 Å². The van der Waals surface area contributed by atoms with Crippen LogP contribution in [0.15, 0.2) is 22.7 Å². The van der Waals surface area contributed by atoms with Crippen LogP contribution in [0.1, 0.15) is 35.7 Å². The van der Waals surface area contributed by atoms with E-state index in [1.807, 2.05) is 32.0 Å². The van der Waals surface area contributed by atoms with E-state index in [0.29, 0.717) is 5.56 Å². The van der Waals surface area contributed by atoms with Gasteiger partial charge in [-0.05, 0) is 50.5 Å². The summed E-state index contributed by atoms with van der Waals surface area (Å²) in [5, 5.41) is 3.98. The van der Waals surface area contributed by atoms with Crippen LogP contribution in [0.25, 0.3) is 0 Å². The van der Waals surface area contributed by atoms with Gasteiger partial charge in [-0.25, -0.2) is 0 Å². The summed E-state index contributed by atoms with van der Waals surface area (Å²) in [5.74, 6) is -0.00327. The fraction of sp³-hybridized carbons (Fsp3) is 0.462. The van der Waals surface area contributed by atoms with E-state index in [9.17, 15) is 4.79 Å². The molecule has 1 rings (SSSR count). The van der Waals surface area contributed by atoms with Crippen molar-refractivity contribution < 1.29 is 4.79 Å². The molecule has 1 aromatic rings. The van der Waals surface area contributed by atoms with E-state index in [1.165, 1.54) is 0 Å². The minimum Gasteiger partial charge on any atom is -0.350 e. The molecule has 94 valence electrons. The first-order valence-electron chi connectivity index (χ1n) is 5.67. The molecule has 1 atom stereocenters. The first kappa shape index (κ1) is 14.7. The second kappa shape index (κ2) is 7.17. The molecule has 0 aliphatic carbocycles. The maximum atomic E-state index is 12.0. The van der Waals surface area contributed by atoms with Crippen molar-refractivity contribution >= 4 is 37.8 Å². The van der Waals surface area contributed by atoms with E-state index in [0.717, 1.165) is 28.2 Å². The van der Waals surface area contributed by atoms with Crippen LogP contribution in [-0.2, 0) is 0 Å². The topological polar surface area (TPSA) is 29.1 Å². The van der Waals surface area contributed by atoms with Gasteiger partial charge in [0.05, 0.1) is 0 Å². The molecule has 0 spiro atoms. The zero-order chi connectivity index (χ0) is 12.8. The third kappa shape index (κ3) is 5.21. The van der Waals surface area contributed by atoms with Crippen LogP contribution in [0.3, 0.4) is 0 Å². The zero-order valence-corrected chi connectivity index (χ0v) is 13.3. The molecule has 0 radical (unpaired) electrons. The van der Waals surface area contributed by atoms with E-state index >= 15 is 0 Å². The Morgan fingerprint density at radius 3 is 2.71 bits per heavy atom. The highest BCUT2D eigenvalue weighted by atomic mass is 79.9. The maximum absolute atomic E-state index is 12.0. The molecule has 1 unspecified atom stereocenters. The molecule has 0 heterocycles. The zero-order valence-electron chi connectivity index (χ0n) is 10.1. The van der Waals surface area contributed by atoms with Gasteiger partial charge in [0.25, 0.3) is 5.91 Å². The first-order valence-corrected chi connectivity index (χ1v) is 7.58. The lowest BCUT2D eigenvalue weighted by atomic mass is 10.1. The molecule has 1 N–H and O–H groups in total. The predicted octanol–water partition coefficient (Wildman–Crippen LogP) is 4.05. The van der Waals surface area contributed by atoms with E-state index < -0.39 is 0 Å². The van der Waals surface area contributed by atoms with Gasteiger partial charge >= 0.3 is 0 Å². The van der Waals surface area contributed by atoms with Gasteiger partial charge in [-0.2, -0.15) is 0 Å². The summed E-state index contributed by atoms with van der Waals surface area (Å²) in [4.78, 5) is 12.0. The van der Waals surface area contributed by atoms with Gasteiger partial charge in [0, 0.05) is 21.4 Å². The Bertz CT molecular complexity index is 373. The van der Waals surface area contributed by atoms with Crippen molar-refractivity contribution in [1.29, 1.82) is 0 Å². The van der Waals surface area contributed by atoms with Crippen LogP contribution in [0.2, 0.25) is 0 Å². The van der Waals surface area contributed by atoms with Crippen molar-refractivity contribution in [1.82, 2.24) is 5.32 Å². The summed E-state index contributed by atoms with van der Waals surface area (Å²) in [5.41, 5.74) is 1.79. The lowest BCUT2D eigenvalue weighted by molar-refractivity contribution is 0.0938. The number of benzene rings is 1. The van der Waals surface area contributed by atoms with Gasteiger partial charge in [-0.1, -0.05) is 31.9 Å². The highest BCUT2D eigenvalue weighted by Crippen LogP contribution is 2.15. The molecule has 0 aliphatic rings. The van der Waals surface area contributed by atoms with Crippen molar-refractivity contribution in [3.05, 3.63) is 33.8 Å². The molecule has 17 heavy (non-hydrogen) atoms. The van der Waals surface area contributed by atoms with Gasteiger partial charge in [-0.3, -0.25) is 4.79 Å². The molecule has 0 saturated carbocycles. The van der Waals surface area contributed by atoms with Crippen molar-refractivity contribution in [2.24, 2.45) is 0 Å². The Morgan fingerprint density at radius 1 is 1.41 bits per heavy atom. The van der Waals surface area contributed by atoms with E-state index in [4.69, 9.17) is 0 Å². The Labute approximate surface area is 119 Å². The van der Waals surface area contributed by atoms with Gasteiger partial charge in [0.2, 0.25) is 0 Å². The number of carbonyl (C=O) groups excluding carboxylic acids is 1. The summed E-state index contributed by atoms with van der Waals surface area (Å²) in [6, 6.07) is 5.95. The predicted molar refractivity (Wildman–Crippen MR) is 78.8 cm³/mol. The van der Waals surface area contributed by atoms with E-state index in [1.54, 1.807) is 0 Å². The average Bonchev–Trinajstić information content (AvgIpc) is 2.25. The number of hydrogen-bond acceptors (Lipinski definition) is 1. The van der Waals surface area contributed by atoms with Gasteiger partial charge in [0.15, 0.2) is 0 Å². The minimum absolute atomic E-state index is 0.00327. The third-order valence-electron chi connectivity index (χ3n) is 2.45. The number of alkyl halides is 1. The average molecular weight is 363 g/mol. The maximum Gasteiger partial charge on any atom is 0.251 e. The van der Waals surface area contributed by atoms with Gasteiger partial charge in [-0.15, -0.1) is 0 Å². The van der Waals surface area contributed by atoms with Crippen LogP contribution in [0, 0.1) is 6.92 Å². The smallest absolute Gasteiger partial charge is 0.251 e. The Morgan fingerprint density at radius 2 is 2.12 bits per heavy atom. The summed E-state index contributed by atoms with van der Waals surface area (Å²) in [6.45, 7) is 4.02. The molecule has 0 saturated heterocycles. The van der Waals surface area contributed by atoms with Crippen LogP contribution in [0.4, 0.5) is 0 Å². The lowest BCUT2D eigenvalue weighted by Crippen LogP contribution is -2.32. The van der Waals surface area contributed by atoms with Crippen molar-refractivity contribution in [3.63, 3.8) is 0 Å². The first-order chi connectivity index (χ1) is 8.02. The van der Waals surface area contributed by atoms with Crippen LogP contribution in [-0.4, -0.2) is 17.3 Å². The molecule has 1 aromatic carbocycles. The van der Waals surface area contributed by atoms with Crippen molar-refractivity contribution in [2.75, 3.05) is 5.33 Å². The Kier molecular flexibility index (Phi) is 6.20. The van der Waals surface area contributed by atoms with Crippen LogP contribution < -0.4 is 5.32 Å². The summed E-state index contributed by atoms with van der Waals surface area (Å²) in [7, 11) is 0. The summed E-state index contributed by atoms with van der Waals surface area (Å²) >= 11 is 6.79. The molecule has 4 heteroatoms. The Balaban J connectivity index is 2.63. The number of halogens is 2. The lowest BCUT2D eigenvalue weighted by Gasteiger charge is -2.13. The van der Waals surface area contributed by atoms with Crippen molar-refractivity contribution in [3.8, 4) is 0 Å². The summed E-state index contributed by atoms with van der Waals surface area (Å²) < 4.78 is 0.941. The standard InChI is InChI=1S/C13H17Br2NO/c1-9-6-11(8-12(15)7-9)13(17)16-10(2)4-3-5-14/h6-8,10H,3-5H2,1-2H3,(H,16,17). The summed E-state index contributed by atoms with van der Waals surface area (Å²) in [6.07, 6.45) is 2.06. The number of hydrogen-bond donors (Lipinski definition) is 1. The SMILES string of the molecule is Cc1cc(Br)cc(C(=O)NC(C)CCCBr)c1. The molecular weight excluding hydrogens is 346 g/mol. The van der Waals surface area contributed by atoms with Crippen LogP contribution in [0.5, 0.6) is 0 Å². The molecule has 0 aliphatic heterocycles. The fourth-order valence-corrected chi connectivity index (χ4v) is 2.56. The number of aryl methyl sites for hydroxylation is 1. The normalized spacial score (nSPS) is 12.2. The monoisotopic (exact) mass is 361 g/mol. The van der Waals surface area contributed by atoms with Crippen LogP contribution >= 0.6 is 31.9 Å². The van der Waals surface area contributed by atoms with E-state index in [-0.39, 0.29) is 11.9 Å². The third-order valence-corrected chi connectivity index (χ3v) is 3.47.